The third-order valence-corrected chi connectivity index (χ3v) is 3.34. The van der Waals surface area contributed by atoms with Crippen LogP contribution in [-0.2, 0) is 11.8 Å². The van der Waals surface area contributed by atoms with Crippen molar-refractivity contribution in [2.24, 2.45) is 7.05 Å². The van der Waals surface area contributed by atoms with E-state index in [0.29, 0.717) is 17.0 Å². The number of nitrogens with zero attached hydrogens (tertiary/aromatic N) is 4. The molecule has 2 aromatic heterocycles. The number of carbonyl (C=O) groups excluding carboxylic acids is 1. The van der Waals surface area contributed by atoms with Crippen LogP contribution in [0, 0.1) is 0 Å². The number of aromatic nitrogens is 4. The SMILES string of the molecule is Cn1ncc2c(Nc3ccc(C(=O)NCC(=O)O)cc3)ncnc21. The number of amides is 1. The quantitative estimate of drug-likeness (QED) is 0.637. The molecular weight excluding hydrogens is 312 g/mol. The predicted molar refractivity (Wildman–Crippen MR) is 86.0 cm³/mol. The second-order valence-corrected chi connectivity index (χ2v) is 5.01. The van der Waals surface area contributed by atoms with Gasteiger partial charge < -0.3 is 15.7 Å². The Labute approximate surface area is 136 Å². The molecule has 0 bridgehead atoms. The first-order chi connectivity index (χ1) is 11.5. The number of hydrogen-bond donors (Lipinski definition) is 3. The van der Waals surface area contributed by atoms with Gasteiger partial charge in [-0.05, 0) is 24.3 Å². The van der Waals surface area contributed by atoms with Crippen LogP contribution in [0.15, 0.2) is 36.8 Å². The van der Waals surface area contributed by atoms with Gasteiger partial charge in [0, 0.05) is 18.3 Å². The molecule has 9 heteroatoms. The Morgan fingerprint density at radius 3 is 2.67 bits per heavy atom. The number of carboxylic acid groups (broad SMARTS) is 1. The summed E-state index contributed by atoms with van der Waals surface area (Å²) in [5.41, 5.74) is 1.81. The van der Waals surface area contributed by atoms with Gasteiger partial charge >= 0.3 is 5.97 Å². The number of aryl methyl sites for hydroxylation is 1. The smallest absolute Gasteiger partial charge is 0.322 e. The van der Waals surface area contributed by atoms with Crippen molar-refractivity contribution in [3.05, 3.63) is 42.4 Å². The lowest BCUT2D eigenvalue weighted by atomic mass is 10.2. The molecule has 9 nitrogen and oxygen atoms in total. The van der Waals surface area contributed by atoms with Crippen LogP contribution in [0.4, 0.5) is 11.5 Å². The molecule has 0 aliphatic carbocycles. The molecule has 122 valence electrons. The molecular formula is C15H14N6O3. The Kier molecular flexibility index (Phi) is 4.06. The molecule has 3 aromatic rings. The first-order valence-corrected chi connectivity index (χ1v) is 7.04. The van der Waals surface area contributed by atoms with Crippen molar-refractivity contribution in [1.82, 2.24) is 25.1 Å². The second-order valence-electron chi connectivity index (χ2n) is 5.01. The predicted octanol–water partition coefficient (Wildman–Crippen LogP) is 0.921. The minimum absolute atomic E-state index is 0.371. The fraction of sp³-hybridized carbons (Fsp3) is 0.133. The summed E-state index contributed by atoms with van der Waals surface area (Å²) in [6.07, 6.45) is 3.12. The Bertz CT molecular complexity index is 903. The number of carboxylic acids is 1. The summed E-state index contributed by atoms with van der Waals surface area (Å²) in [5, 5.41) is 18.9. The van der Waals surface area contributed by atoms with Gasteiger partial charge in [-0.2, -0.15) is 5.10 Å². The molecule has 1 aromatic carbocycles. The summed E-state index contributed by atoms with van der Waals surface area (Å²) in [7, 11) is 1.80. The summed E-state index contributed by atoms with van der Waals surface area (Å²) in [4.78, 5) is 30.6. The molecule has 24 heavy (non-hydrogen) atoms. The van der Waals surface area contributed by atoms with Gasteiger partial charge in [-0.25, -0.2) is 9.97 Å². The van der Waals surface area contributed by atoms with Gasteiger partial charge in [0.25, 0.3) is 5.91 Å². The Hall–Kier alpha value is -3.49. The molecule has 0 aliphatic rings. The van der Waals surface area contributed by atoms with E-state index in [0.717, 1.165) is 11.1 Å². The highest BCUT2D eigenvalue weighted by Crippen LogP contribution is 2.22. The molecule has 3 rings (SSSR count). The van der Waals surface area contributed by atoms with Crippen molar-refractivity contribution in [2.75, 3.05) is 11.9 Å². The van der Waals surface area contributed by atoms with E-state index in [1.165, 1.54) is 6.33 Å². The van der Waals surface area contributed by atoms with Crippen molar-refractivity contribution in [3.8, 4) is 0 Å². The molecule has 0 aliphatic heterocycles. The van der Waals surface area contributed by atoms with Gasteiger partial charge in [-0.3, -0.25) is 14.3 Å². The van der Waals surface area contributed by atoms with Gasteiger partial charge in [-0.1, -0.05) is 0 Å². The molecule has 0 radical (unpaired) electrons. The maximum absolute atomic E-state index is 11.8. The Morgan fingerprint density at radius 2 is 1.96 bits per heavy atom. The van der Waals surface area contributed by atoms with Crippen molar-refractivity contribution >= 4 is 34.4 Å². The summed E-state index contributed by atoms with van der Waals surface area (Å²) in [6.45, 7) is -0.418. The van der Waals surface area contributed by atoms with Crippen molar-refractivity contribution in [3.63, 3.8) is 0 Å². The summed E-state index contributed by atoms with van der Waals surface area (Å²) >= 11 is 0. The molecule has 3 N–H and O–H groups in total. The van der Waals surface area contributed by atoms with E-state index in [9.17, 15) is 9.59 Å². The number of carbonyl (C=O) groups is 2. The van der Waals surface area contributed by atoms with Gasteiger partial charge in [-0.15, -0.1) is 0 Å². The van der Waals surface area contributed by atoms with Crippen LogP contribution in [0.1, 0.15) is 10.4 Å². The van der Waals surface area contributed by atoms with Gasteiger partial charge in [0.1, 0.15) is 18.7 Å². The van der Waals surface area contributed by atoms with Crippen LogP contribution in [0.2, 0.25) is 0 Å². The maximum atomic E-state index is 11.8. The van der Waals surface area contributed by atoms with Gasteiger partial charge in [0.15, 0.2) is 5.65 Å². The van der Waals surface area contributed by atoms with E-state index in [1.54, 1.807) is 42.2 Å². The fourth-order valence-corrected chi connectivity index (χ4v) is 2.16. The average Bonchev–Trinajstić information content (AvgIpc) is 2.96. The van der Waals surface area contributed by atoms with Crippen molar-refractivity contribution in [1.29, 1.82) is 0 Å². The molecule has 1 amide bonds. The van der Waals surface area contributed by atoms with Crippen LogP contribution in [0.3, 0.4) is 0 Å². The number of anilines is 2. The lowest BCUT2D eigenvalue weighted by Gasteiger charge is -2.07. The largest absolute Gasteiger partial charge is 0.480 e. The third kappa shape index (κ3) is 3.14. The highest BCUT2D eigenvalue weighted by Gasteiger charge is 2.09. The number of aliphatic carboxylic acids is 1. The second kappa shape index (κ2) is 6.32. The minimum Gasteiger partial charge on any atom is -0.480 e. The van der Waals surface area contributed by atoms with Gasteiger partial charge in [0.05, 0.1) is 11.6 Å². The monoisotopic (exact) mass is 326 g/mol. The molecule has 0 spiro atoms. The lowest BCUT2D eigenvalue weighted by molar-refractivity contribution is -0.135. The van der Waals surface area contributed by atoms with E-state index >= 15 is 0 Å². The normalized spacial score (nSPS) is 10.5. The number of fused-ring (bicyclic) bond motifs is 1. The Balaban J connectivity index is 1.76. The first kappa shape index (κ1) is 15.4. The van der Waals surface area contributed by atoms with Crippen LogP contribution in [0.25, 0.3) is 11.0 Å². The van der Waals surface area contributed by atoms with Crippen LogP contribution < -0.4 is 10.6 Å². The number of hydrogen-bond acceptors (Lipinski definition) is 6. The zero-order valence-corrected chi connectivity index (χ0v) is 12.7. The highest BCUT2D eigenvalue weighted by atomic mass is 16.4. The average molecular weight is 326 g/mol. The minimum atomic E-state index is -1.09. The van der Waals surface area contributed by atoms with Crippen LogP contribution in [0.5, 0.6) is 0 Å². The van der Waals surface area contributed by atoms with Crippen LogP contribution >= 0.6 is 0 Å². The van der Waals surface area contributed by atoms with Gasteiger partial charge in [0.2, 0.25) is 0 Å². The number of nitrogens with one attached hydrogen (secondary N) is 2. The lowest BCUT2D eigenvalue weighted by Crippen LogP contribution is -2.29. The van der Waals surface area contributed by atoms with E-state index in [2.05, 4.69) is 25.7 Å². The van der Waals surface area contributed by atoms with Crippen LogP contribution in [-0.4, -0.2) is 43.3 Å². The standard InChI is InChI=1S/C15H14N6O3/c1-21-14-11(6-19-21)13(17-8-18-14)20-10-4-2-9(3-5-10)15(24)16-7-12(22)23/h2-6,8H,7H2,1H3,(H,16,24)(H,22,23)(H,17,18,20). The topological polar surface area (TPSA) is 122 Å². The summed E-state index contributed by atoms with van der Waals surface area (Å²) in [5.74, 6) is -0.928. The zero-order chi connectivity index (χ0) is 17.1. The summed E-state index contributed by atoms with van der Waals surface area (Å²) < 4.78 is 1.65. The van der Waals surface area contributed by atoms with E-state index in [1.807, 2.05) is 0 Å². The number of benzene rings is 1. The maximum Gasteiger partial charge on any atom is 0.322 e. The third-order valence-electron chi connectivity index (χ3n) is 3.34. The fourth-order valence-electron chi connectivity index (χ4n) is 2.16. The molecule has 0 saturated heterocycles. The molecule has 0 atom stereocenters. The molecule has 0 unspecified atom stereocenters. The molecule has 0 fully saturated rings. The highest BCUT2D eigenvalue weighted by molar-refractivity contribution is 5.96. The number of rotatable bonds is 5. The van der Waals surface area contributed by atoms with E-state index < -0.39 is 18.4 Å². The van der Waals surface area contributed by atoms with E-state index in [-0.39, 0.29) is 0 Å². The van der Waals surface area contributed by atoms with Crippen molar-refractivity contribution in [2.45, 2.75) is 0 Å². The zero-order valence-electron chi connectivity index (χ0n) is 12.7. The van der Waals surface area contributed by atoms with Crippen molar-refractivity contribution < 1.29 is 14.7 Å². The Morgan fingerprint density at radius 1 is 1.21 bits per heavy atom. The van der Waals surface area contributed by atoms with E-state index in [4.69, 9.17) is 5.11 Å². The summed E-state index contributed by atoms with van der Waals surface area (Å²) in [6, 6.07) is 6.61. The molecule has 0 saturated carbocycles. The molecule has 2 heterocycles. The first-order valence-electron chi connectivity index (χ1n) is 7.04.